The summed E-state index contributed by atoms with van der Waals surface area (Å²) in [6.45, 7) is 4.63. The summed E-state index contributed by atoms with van der Waals surface area (Å²) >= 11 is 2.14. The second-order valence-electron chi connectivity index (χ2n) is 5.75. The molecule has 3 unspecified atom stereocenters. The van der Waals surface area contributed by atoms with Gasteiger partial charge in [-0.3, -0.25) is 0 Å². The first-order valence-corrected chi connectivity index (χ1v) is 8.70. The largest absolute Gasteiger partial charge is 0.497 e. The smallest absolute Gasteiger partial charge is 0.119 e. The zero-order chi connectivity index (χ0) is 14.5. The molecule has 112 valence electrons. The van der Waals surface area contributed by atoms with Crippen LogP contribution in [0.5, 0.6) is 5.75 Å². The minimum absolute atomic E-state index is 0.471. The molecule has 0 aromatic heterocycles. The van der Waals surface area contributed by atoms with Crippen molar-refractivity contribution in [3.63, 3.8) is 0 Å². The SMILES string of the molecule is CCC(C)CSC1CCc2cc(OC)ccc2C1NC. The molecule has 1 N–H and O–H groups in total. The lowest BCUT2D eigenvalue weighted by Gasteiger charge is -2.34. The second kappa shape index (κ2) is 7.37. The number of hydrogen-bond donors (Lipinski definition) is 1. The summed E-state index contributed by atoms with van der Waals surface area (Å²) in [5, 5.41) is 4.22. The Balaban J connectivity index is 2.11. The summed E-state index contributed by atoms with van der Waals surface area (Å²) < 4.78 is 5.34. The molecule has 20 heavy (non-hydrogen) atoms. The number of hydrogen-bond acceptors (Lipinski definition) is 3. The highest BCUT2D eigenvalue weighted by Gasteiger charge is 2.29. The van der Waals surface area contributed by atoms with Crippen LogP contribution in [-0.2, 0) is 6.42 Å². The summed E-state index contributed by atoms with van der Waals surface area (Å²) in [5.74, 6) is 3.06. The van der Waals surface area contributed by atoms with Crippen molar-refractivity contribution in [1.29, 1.82) is 0 Å². The third-order valence-electron chi connectivity index (χ3n) is 4.36. The molecule has 0 saturated heterocycles. The van der Waals surface area contributed by atoms with Crippen molar-refractivity contribution in [3.05, 3.63) is 29.3 Å². The fourth-order valence-electron chi connectivity index (χ4n) is 2.82. The molecule has 0 amide bonds. The van der Waals surface area contributed by atoms with Crippen LogP contribution in [0.1, 0.15) is 43.9 Å². The van der Waals surface area contributed by atoms with E-state index < -0.39 is 0 Å². The van der Waals surface area contributed by atoms with Crippen LogP contribution in [0, 0.1) is 5.92 Å². The predicted molar refractivity (Wildman–Crippen MR) is 88.8 cm³/mol. The highest BCUT2D eigenvalue weighted by Crippen LogP contribution is 2.38. The maximum Gasteiger partial charge on any atom is 0.119 e. The Bertz CT molecular complexity index is 435. The van der Waals surface area contributed by atoms with Gasteiger partial charge in [-0.1, -0.05) is 26.3 Å². The van der Waals surface area contributed by atoms with E-state index in [0.717, 1.165) is 11.7 Å². The Morgan fingerprint density at radius 3 is 2.90 bits per heavy atom. The first kappa shape index (κ1) is 15.7. The first-order valence-electron chi connectivity index (χ1n) is 7.65. The summed E-state index contributed by atoms with van der Waals surface area (Å²) in [6.07, 6.45) is 3.70. The zero-order valence-electron chi connectivity index (χ0n) is 13.1. The maximum absolute atomic E-state index is 5.34. The van der Waals surface area contributed by atoms with E-state index in [9.17, 15) is 0 Å². The van der Waals surface area contributed by atoms with Gasteiger partial charge in [-0.2, -0.15) is 11.8 Å². The molecule has 3 heteroatoms. The minimum Gasteiger partial charge on any atom is -0.497 e. The number of aryl methyl sites for hydroxylation is 1. The minimum atomic E-state index is 0.471. The molecule has 1 aliphatic rings. The van der Waals surface area contributed by atoms with Gasteiger partial charge in [0.15, 0.2) is 0 Å². The van der Waals surface area contributed by atoms with Gasteiger partial charge in [0.2, 0.25) is 0 Å². The van der Waals surface area contributed by atoms with E-state index in [0.29, 0.717) is 11.3 Å². The van der Waals surface area contributed by atoms with Crippen molar-refractivity contribution in [2.75, 3.05) is 19.9 Å². The fourth-order valence-corrected chi connectivity index (χ4v) is 4.39. The summed E-state index contributed by atoms with van der Waals surface area (Å²) in [5.41, 5.74) is 2.91. The Morgan fingerprint density at radius 2 is 2.25 bits per heavy atom. The molecule has 1 aromatic rings. The normalized spacial score (nSPS) is 23.2. The van der Waals surface area contributed by atoms with Crippen LogP contribution in [-0.4, -0.2) is 25.2 Å². The van der Waals surface area contributed by atoms with E-state index in [-0.39, 0.29) is 0 Å². The molecule has 3 atom stereocenters. The van der Waals surface area contributed by atoms with Gasteiger partial charge in [0.25, 0.3) is 0 Å². The zero-order valence-corrected chi connectivity index (χ0v) is 13.9. The highest BCUT2D eigenvalue weighted by molar-refractivity contribution is 7.99. The monoisotopic (exact) mass is 293 g/mol. The van der Waals surface area contributed by atoms with E-state index in [1.54, 1.807) is 7.11 Å². The van der Waals surface area contributed by atoms with Crippen molar-refractivity contribution in [1.82, 2.24) is 5.32 Å². The van der Waals surface area contributed by atoms with Crippen LogP contribution in [0.4, 0.5) is 0 Å². The van der Waals surface area contributed by atoms with Crippen LogP contribution in [0.3, 0.4) is 0 Å². The van der Waals surface area contributed by atoms with Crippen LogP contribution in [0.25, 0.3) is 0 Å². The molecule has 0 bridgehead atoms. The third-order valence-corrected chi connectivity index (χ3v) is 6.06. The number of benzene rings is 1. The van der Waals surface area contributed by atoms with Gasteiger partial charge in [0.1, 0.15) is 5.75 Å². The van der Waals surface area contributed by atoms with Crippen LogP contribution < -0.4 is 10.1 Å². The van der Waals surface area contributed by atoms with E-state index in [1.807, 2.05) is 0 Å². The fraction of sp³-hybridized carbons (Fsp3) is 0.647. The van der Waals surface area contributed by atoms with Crippen molar-refractivity contribution in [3.8, 4) is 5.75 Å². The van der Waals surface area contributed by atoms with Crippen molar-refractivity contribution in [2.45, 2.75) is 44.4 Å². The average Bonchev–Trinajstić information content (AvgIpc) is 2.51. The molecule has 0 radical (unpaired) electrons. The molecular formula is C17H27NOS. The molecule has 0 fully saturated rings. The van der Waals surface area contributed by atoms with E-state index in [2.05, 4.69) is 56.2 Å². The predicted octanol–water partition coefficient (Wildman–Crippen LogP) is 4.05. The summed E-state index contributed by atoms with van der Waals surface area (Å²) in [7, 11) is 3.83. The lowest BCUT2D eigenvalue weighted by molar-refractivity contribution is 0.412. The molecule has 2 nitrogen and oxygen atoms in total. The molecule has 1 aromatic carbocycles. The Hall–Kier alpha value is -0.670. The topological polar surface area (TPSA) is 21.3 Å². The van der Waals surface area contributed by atoms with Gasteiger partial charge >= 0.3 is 0 Å². The Kier molecular flexibility index (Phi) is 5.79. The molecule has 0 saturated carbocycles. The molecule has 0 spiro atoms. The number of nitrogens with one attached hydrogen (secondary N) is 1. The van der Waals surface area contributed by atoms with Gasteiger partial charge in [-0.05, 0) is 54.8 Å². The molecule has 2 rings (SSSR count). The highest BCUT2D eigenvalue weighted by atomic mass is 32.2. The number of rotatable bonds is 6. The molecule has 1 aliphatic carbocycles. The quantitative estimate of drug-likeness (QED) is 0.855. The van der Waals surface area contributed by atoms with Crippen molar-refractivity contribution < 1.29 is 4.74 Å². The molecule has 0 heterocycles. The first-order chi connectivity index (χ1) is 9.69. The maximum atomic E-state index is 5.34. The van der Waals surface area contributed by atoms with E-state index in [1.165, 1.54) is 36.1 Å². The number of ether oxygens (including phenoxy) is 1. The van der Waals surface area contributed by atoms with E-state index >= 15 is 0 Å². The second-order valence-corrected chi connectivity index (χ2v) is 7.03. The van der Waals surface area contributed by atoms with Gasteiger partial charge in [-0.15, -0.1) is 0 Å². The summed E-state index contributed by atoms with van der Waals surface area (Å²) in [6, 6.07) is 7.00. The number of methoxy groups -OCH3 is 1. The molecular weight excluding hydrogens is 266 g/mol. The van der Waals surface area contributed by atoms with Gasteiger partial charge in [-0.25, -0.2) is 0 Å². The summed E-state index contributed by atoms with van der Waals surface area (Å²) in [4.78, 5) is 0. The van der Waals surface area contributed by atoms with Crippen molar-refractivity contribution in [2.24, 2.45) is 5.92 Å². The molecule has 0 aliphatic heterocycles. The Morgan fingerprint density at radius 1 is 1.45 bits per heavy atom. The standard InChI is InChI=1S/C17H27NOS/c1-5-12(2)11-20-16-9-6-13-10-14(19-4)7-8-15(13)17(16)18-3/h7-8,10,12,16-18H,5-6,9,11H2,1-4H3. The van der Waals surface area contributed by atoms with Crippen LogP contribution in [0.2, 0.25) is 0 Å². The van der Waals surface area contributed by atoms with Gasteiger partial charge < -0.3 is 10.1 Å². The Labute approximate surface area is 127 Å². The van der Waals surface area contributed by atoms with Crippen LogP contribution in [0.15, 0.2) is 18.2 Å². The van der Waals surface area contributed by atoms with Crippen LogP contribution >= 0.6 is 11.8 Å². The third kappa shape index (κ3) is 3.50. The van der Waals surface area contributed by atoms with E-state index in [4.69, 9.17) is 4.74 Å². The van der Waals surface area contributed by atoms with Gasteiger partial charge in [0, 0.05) is 11.3 Å². The lowest BCUT2D eigenvalue weighted by atomic mass is 9.87. The average molecular weight is 293 g/mol. The van der Waals surface area contributed by atoms with Gasteiger partial charge in [0.05, 0.1) is 7.11 Å². The number of fused-ring (bicyclic) bond motifs is 1. The van der Waals surface area contributed by atoms with Crippen molar-refractivity contribution >= 4 is 11.8 Å². The number of thioether (sulfide) groups is 1. The lowest BCUT2D eigenvalue weighted by Crippen LogP contribution is -2.32.